The zero-order chi connectivity index (χ0) is 11.5. The molecule has 84 valence electrons. The summed E-state index contributed by atoms with van der Waals surface area (Å²) in [7, 11) is 0. The number of hydrogen-bond donors (Lipinski definition) is 0. The van der Waals surface area contributed by atoms with Gasteiger partial charge in [0, 0.05) is 8.95 Å². The van der Waals surface area contributed by atoms with Crippen molar-refractivity contribution in [3.05, 3.63) is 49.0 Å². The molecule has 0 amide bonds. The summed E-state index contributed by atoms with van der Waals surface area (Å²) in [5.74, 6) is 0.904. The minimum Gasteiger partial charge on any atom is -0.488 e. The minimum absolute atomic E-state index is 0.610. The average molecular weight is 362 g/mol. The van der Waals surface area contributed by atoms with E-state index in [1.165, 1.54) is 10.4 Å². The van der Waals surface area contributed by atoms with E-state index in [9.17, 15) is 0 Å². The molecular formula is C12H10Br2OS. The summed E-state index contributed by atoms with van der Waals surface area (Å²) in [6.07, 6.45) is 0. The molecule has 0 saturated carbocycles. The van der Waals surface area contributed by atoms with Gasteiger partial charge in [0.2, 0.25) is 0 Å². The number of benzene rings is 1. The molecule has 16 heavy (non-hydrogen) atoms. The van der Waals surface area contributed by atoms with Crippen LogP contribution in [0.15, 0.2) is 38.6 Å². The molecule has 2 aromatic rings. The molecule has 1 heterocycles. The van der Waals surface area contributed by atoms with Crippen molar-refractivity contribution in [2.24, 2.45) is 0 Å². The first-order valence-corrected chi connectivity index (χ1v) is 7.24. The summed E-state index contributed by atoms with van der Waals surface area (Å²) < 4.78 is 7.95. The summed E-state index contributed by atoms with van der Waals surface area (Å²) in [4.78, 5) is 1.21. The zero-order valence-electron chi connectivity index (χ0n) is 8.67. The van der Waals surface area contributed by atoms with Crippen LogP contribution in [-0.2, 0) is 6.61 Å². The quantitative estimate of drug-likeness (QED) is 0.733. The van der Waals surface area contributed by atoms with Crippen LogP contribution in [0.25, 0.3) is 0 Å². The van der Waals surface area contributed by atoms with Gasteiger partial charge in [0.1, 0.15) is 12.4 Å². The van der Waals surface area contributed by atoms with Crippen LogP contribution in [-0.4, -0.2) is 0 Å². The molecule has 0 saturated heterocycles. The molecule has 0 spiro atoms. The highest BCUT2D eigenvalue weighted by Gasteiger charge is 2.03. The maximum absolute atomic E-state index is 5.73. The summed E-state index contributed by atoms with van der Waals surface area (Å²) in [5.41, 5.74) is 1.18. The summed E-state index contributed by atoms with van der Waals surface area (Å²) in [6.45, 7) is 2.66. The fourth-order valence-corrected chi connectivity index (χ4v) is 2.91. The summed E-state index contributed by atoms with van der Waals surface area (Å²) >= 11 is 8.65. The fourth-order valence-electron chi connectivity index (χ4n) is 1.28. The van der Waals surface area contributed by atoms with Crippen LogP contribution in [0.4, 0.5) is 0 Å². The lowest BCUT2D eigenvalue weighted by atomic mass is 10.2. The van der Waals surface area contributed by atoms with E-state index in [-0.39, 0.29) is 0 Å². The number of ether oxygens (including phenoxy) is 1. The Labute approximate surface area is 116 Å². The molecule has 0 bridgehead atoms. The first kappa shape index (κ1) is 12.1. The summed E-state index contributed by atoms with van der Waals surface area (Å²) in [6, 6.07) is 8.05. The molecule has 1 aromatic carbocycles. The van der Waals surface area contributed by atoms with Gasteiger partial charge in [0.15, 0.2) is 0 Å². The smallest absolute Gasteiger partial charge is 0.124 e. The first-order valence-electron chi connectivity index (χ1n) is 4.77. The second-order valence-corrected chi connectivity index (χ2v) is 6.10. The maximum Gasteiger partial charge on any atom is 0.124 e. The van der Waals surface area contributed by atoms with Gasteiger partial charge in [-0.1, -0.05) is 15.9 Å². The van der Waals surface area contributed by atoms with Gasteiger partial charge in [-0.25, -0.2) is 0 Å². The lowest BCUT2D eigenvalue weighted by Crippen LogP contribution is -1.93. The van der Waals surface area contributed by atoms with Gasteiger partial charge in [-0.3, -0.25) is 0 Å². The molecule has 0 aliphatic carbocycles. The van der Waals surface area contributed by atoms with Crippen LogP contribution >= 0.6 is 43.2 Å². The molecule has 0 unspecified atom stereocenters. The molecule has 0 fully saturated rings. The first-order chi connectivity index (χ1) is 7.66. The largest absolute Gasteiger partial charge is 0.488 e. The molecule has 0 aliphatic rings. The maximum atomic E-state index is 5.73. The number of thiophene rings is 1. The van der Waals surface area contributed by atoms with Gasteiger partial charge < -0.3 is 4.74 Å². The lowest BCUT2D eigenvalue weighted by Gasteiger charge is -2.07. The topological polar surface area (TPSA) is 9.23 Å². The molecule has 0 aliphatic heterocycles. The van der Waals surface area contributed by atoms with E-state index < -0.39 is 0 Å². The van der Waals surface area contributed by atoms with Crippen molar-refractivity contribution in [1.29, 1.82) is 0 Å². The lowest BCUT2D eigenvalue weighted by molar-refractivity contribution is 0.309. The van der Waals surface area contributed by atoms with Gasteiger partial charge in [-0.2, -0.15) is 0 Å². The molecule has 4 heteroatoms. The highest BCUT2D eigenvalue weighted by Crippen LogP contribution is 2.26. The van der Waals surface area contributed by atoms with Crippen LogP contribution < -0.4 is 4.74 Å². The highest BCUT2D eigenvalue weighted by molar-refractivity contribution is 9.10. The van der Waals surface area contributed by atoms with Gasteiger partial charge >= 0.3 is 0 Å². The van der Waals surface area contributed by atoms with E-state index in [1.807, 2.05) is 24.3 Å². The number of aryl methyl sites for hydroxylation is 1. The molecule has 2 rings (SSSR count). The van der Waals surface area contributed by atoms with E-state index in [0.717, 1.165) is 14.7 Å². The van der Waals surface area contributed by atoms with Crippen molar-refractivity contribution >= 4 is 43.2 Å². The SMILES string of the molecule is Cc1cc(OCc2sccc2Br)ccc1Br. The molecule has 0 atom stereocenters. The van der Waals surface area contributed by atoms with Gasteiger partial charge in [-0.05, 0) is 58.1 Å². The Bertz CT molecular complexity index is 494. The summed E-state index contributed by atoms with van der Waals surface area (Å²) in [5, 5.41) is 2.05. The van der Waals surface area contributed by atoms with Crippen molar-refractivity contribution in [2.75, 3.05) is 0 Å². The van der Waals surface area contributed by atoms with Crippen molar-refractivity contribution in [2.45, 2.75) is 13.5 Å². The Morgan fingerprint density at radius 3 is 2.62 bits per heavy atom. The molecule has 0 radical (unpaired) electrons. The normalized spacial score (nSPS) is 10.4. The van der Waals surface area contributed by atoms with Crippen molar-refractivity contribution in [3.63, 3.8) is 0 Å². The predicted octanol–water partition coefficient (Wildman–Crippen LogP) is 5.16. The van der Waals surface area contributed by atoms with Crippen molar-refractivity contribution in [3.8, 4) is 5.75 Å². The van der Waals surface area contributed by atoms with Crippen LogP contribution in [0.3, 0.4) is 0 Å². The highest BCUT2D eigenvalue weighted by atomic mass is 79.9. The predicted molar refractivity (Wildman–Crippen MR) is 75.2 cm³/mol. The minimum atomic E-state index is 0.610. The van der Waals surface area contributed by atoms with Crippen molar-refractivity contribution < 1.29 is 4.74 Å². The van der Waals surface area contributed by atoms with E-state index in [0.29, 0.717) is 6.61 Å². The van der Waals surface area contributed by atoms with E-state index >= 15 is 0 Å². The Kier molecular flexibility index (Phi) is 4.05. The Balaban J connectivity index is 2.05. The standard InChI is InChI=1S/C12H10Br2OS/c1-8-6-9(2-3-10(8)13)15-7-12-11(14)4-5-16-12/h2-6H,7H2,1H3. The second kappa shape index (κ2) is 5.34. The fraction of sp³-hybridized carbons (Fsp3) is 0.167. The molecular weight excluding hydrogens is 352 g/mol. The van der Waals surface area contributed by atoms with Crippen LogP contribution in [0.5, 0.6) is 5.75 Å². The van der Waals surface area contributed by atoms with Crippen LogP contribution in [0.1, 0.15) is 10.4 Å². The van der Waals surface area contributed by atoms with E-state index in [4.69, 9.17) is 4.74 Å². The number of halogens is 2. The number of hydrogen-bond acceptors (Lipinski definition) is 2. The van der Waals surface area contributed by atoms with Crippen molar-refractivity contribution in [1.82, 2.24) is 0 Å². The third-order valence-electron chi connectivity index (χ3n) is 2.19. The third kappa shape index (κ3) is 2.87. The monoisotopic (exact) mass is 360 g/mol. The number of rotatable bonds is 3. The Hall–Kier alpha value is -0.320. The van der Waals surface area contributed by atoms with E-state index in [1.54, 1.807) is 11.3 Å². The van der Waals surface area contributed by atoms with Gasteiger partial charge in [0.25, 0.3) is 0 Å². The molecule has 1 aromatic heterocycles. The second-order valence-electron chi connectivity index (χ2n) is 3.39. The Morgan fingerprint density at radius 2 is 2.00 bits per heavy atom. The average Bonchev–Trinajstić information content (AvgIpc) is 2.66. The van der Waals surface area contributed by atoms with E-state index in [2.05, 4.69) is 44.2 Å². The van der Waals surface area contributed by atoms with Gasteiger partial charge in [-0.15, -0.1) is 11.3 Å². The van der Waals surface area contributed by atoms with Gasteiger partial charge in [0.05, 0.1) is 4.88 Å². The third-order valence-corrected chi connectivity index (χ3v) is 4.98. The van der Waals surface area contributed by atoms with Crippen LogP contribution in [0, 0.1) is 6.92 Å². The zero-order valence-corrected chi connectivity index (χ0v) is 12.7. The Morgan fingerprint density at radius 1 is 1.19 bits per heavy atom. The molecule has 1 nitrogen and oxygen atoms in total. The van der Waals surface area contributed by atoms with Crippen LogP contribution in [0.2, 0.25) is 0 Å². The molecule has 0 N–H and O–H groups in total.